The minimum Gasteiger partial charge on any atom is -0.463 e. The van der Waals surface area contributed by atoms with Gasteiger partial charge in [0.25, 0.3) is 0 Å². The van der Waals surface area contributed by atoms with Crippen molar-refractivity contribution in [2.75, 3.05) is 0 Å². The van der Waals surface area contributed by atoms with Crippen molar-refractivity contribution in [1.82, 2.24) is 0 Å². The summed E-state index contributed by atoms with van der Waals surface area (Å²) in [6, 6.07) is 12.9. The fourth-order valence-electron chi connectivity index (χ4n) is 4.39. The van der Waals surface area contributed by atoms with Crippen molar-refractivity contribution in [1.29, 1.82) is 0 Å². The minimum atomic E-state index is -4.91. The van der Waals surface area contributed by atoms with E-state index in [1.54, 1.807) is 25.3 Å². The molecule has 7 heteroatoms. The lowest BCUT2D eigenvalue weighted by atomic mass is 9.90. The van der Waals surface area contributed by atoms with E-state index < -0.39 is 23.5 Å². The monoisotopic (exact) mass is 458 g/mol. The number of fused-ring (bicyclic) bond motifs is 2. The lowest BCUT2D eigenvalue weighted by molar-refractivity contribution is -0.143. The molecule has 0 aliphatic heterocycles. The highest BCUT2D eigenvalue weighted by Gasteiger charge is 2.37. The summed E-state index contributed by atoms with van der Waals surface area (Å²) in [6.45, 7) is 1.68. The van der Waals surface area contributed by atoms with E-state index in [4.69, 9.17) is 4.42 Å². The van der Waals surface area contributed by atoms with E-state index >= 15 is 0 Å². The standard InChI is InChI=1S/C26H16F6O/c1-14-6-7-15-8-18(24-21-5-3-2-4-16(21)13-33-24)11-22(15)23(14)17-9-19(25(27,28)29)12-20(10-17)26(30,31)32/h2-7,9-13H,8H2,1H3. The quantitative estimate of drug-likeness (QED) is 0.274. The van der Waals surface area contributed by atoms with Crippen LogP contribution < -0.4 is 0 Å². The predicted molar refractivity (Wildman–Crippen MR) is 114 cm³/mol. The molecule has 0 atom stereocenters. The fourth-order valence-corrected chi connectivity index (χ4v) is 4.39. The molecule has 0 radical (unpaired) electrons. The van der Waals surface area contributed by atoms with Gasteiger partial charge in [0.1, 0.15) is 5.76 Å². The molecule has 1 nitrogen and oxygen atoms in total. The number of rotatable bonds is 2. The van der Waals surface area contributed by atoms with Gasteiger partial charge in [-0.25, -0.2) is 0 Å². The summed E-state index contributed by atoms with van der Waals surface area (Å²) in [5, 5.41) is 1.81. The van der Waals surface area contributed by atoms with Gasteiger partial charge < -0.3 is 4.42 Å². The van der Waals surface area contributed by atoms with Crippen LogP contribution in [0, 0.1) is 6.92 Å². The Bertz CT molecular complexity index is 1390. The van der Waals surface area contributed by atoms with Crippen LogP contribution in [-0.4, -0.2) is 0 Å². The summed E-state index contributed by atoms with van der Waals surface area (Å²) in [6.07, 6.45) is -5.92. The van der Waals surface area contributed by atoms with Crippen LogP contribution in [0.5, 0.6) is 0 Å². The highest BCUT2D eigenvalue weighted by Crippen LogP contribution is 2.44. The van der Waals surface area contributed by atoms with Gasteiger partial charge in [-0.1, -0.05) is 36.4 Å². The molecular weight excluding hydrogens is 442 g/mol. The molecule has 1 aliphatic rings. The third-order valence-electron chi connectivity index (χ3n) is 5.92. The molecule has 0 spiro atoms. The molecule has 0 saturated heterocycles. The first kappa shape index (κ1) is 21.4. The maximum atomic E-state index is 13.4. The maximum Gasteiger partial charge on any atom is 0.416 e. The lowest BCUT2D eigenvalue weighted by Gasteiger charge is -2.17. The normalized spacial score (nSPS) is 14.0. The number of hydrogen-bond donors (Lipinski definition) is 0. The third-order valence-corrected chi connectivity index (χ3v) is 5.92. The largest absolute Gasteiger partial charge is 0.463 e. The highest BCUT2D eigenvalue weighted by atomic mass is 19.4. The Morgan fingerprint density at radius 2 is 1.48 bits per heavy atom. The molecule has 33 heavy (non-hydrogen) atoms. The van der Waals surface area contributed by atoms with Crippen molar-refractivity contribution in [3.8, 4) is 11.1 Å². The molecular formula is C26H16F6O. The Balaban J connectivity index is 1.71. The summed E-state index contributed by atoms with van der Waals surface area (Å²) in [7, 11) is 0. The molecule has 1 aliphatic carbocycles. The molecule has 0 N–H and O–H groups in total. The first-order chi connectivity index (χ1) is 15.5. The lowest BCUT2D eigenvalue weighted by Crippen LogP contribution is -2.11. The summed E-state index contributed by atoms with van der Waals surface area (Å²) in [5.41, 5.74) is 0.412. The molecule has 5 rings (SSSR count). The minimum absolute atomic E-state index is 0.117. The first-order valence-electron chi connectivity index (χ1n) is 10.1. The smallest absolute Gasteiger partial charge is 0.416 e. The molecule has 4 aromatic rings. The van der Waals surface area contributed by atoms with Crippen LogP contribution in [0.15, 0.2) is 65.3 Å². The average Bonchev–Trinajstić information content (AvgIpc) is 3.36. The average molecular weight is 458 g/mol. The summed E-state index contributed by atoms with van der Waals surface area (Å²) < 4.78 is 86.4. The Labute approximate surface area is 185 Å². The van der Waals surface area contributed by atoms with Crippen LogP contribution in [0.25, 0.3) is 33.5 Å². The van der Waals surface area contributed by atoms with Crippen LogP contribution in [0.3, 0.4) is 0 Å². The van der Waals surface area contributed by atoms with Gasteiger partial charge in [-0.15, -0.1) is 0 Å². The van der Waals surface area contributed by atoms with E-state index in [9.17, 15) is 26.3 Å². The molecule has 0 saturated carbocycles. The van der Waals surface area contributed by atoms with Gasteiger partial charge in [0.15, 0.2) is 0 Å². The van der Waals surface area contributed by atoms with E-state index in [-0.39, 0.29) is 11.6 Å². The molecule has 168 valence electrons. The number of aryl methyl sites for hydroxylation is 1. The maximum absolute atomic E-state index is 13.4. The van der Waals surface area contributed by atoms with Crippen molar-refractivity contribution in [3.05, 3.63) is 94.4 Å². The number of benzene rings is 3. The van der Waals surface area contributed by atoms with E-state index in [1.165, 1.54) is 0 Å². The van der Waals surface area contributed by atoms with Crippen molar-refractivity contribution in [3.63, 3.8) is 0 Å². The number of alkyl halides is 6. The Morgan fingerprint density at radius 1 is 0.818 bits per heavy atom. The van der Waals surface area contributed by atoms with E-state index in [0.717, 1.165) is 34.0 Å². The van der Waals surface area contributed by atoms with E-state index in [2.05, 4.69) is 0 Å². The predicted octanol–water partition coefficient (Wildman–Crippen LogP) is 8.54. The summed E-state index contributed by atoms with van der Waals surface area (Å²) in [5.74, 6) is 0.644. The van der Waals surface area contributed by atoms with Crippen LogP contribution in [0.2, 0.25) is 0 Å². The SMILES string of the molecule is Cc1ccc2c(c1-c1cc(C(F)(F)F)cc(C(F)(F)F)c1)C=C(c1occ3ccccc13)C2. The van der Waals surface area contributed by atoms with Gasteiger partial charge in [0.2, 0.25) is 0 Å². The van der Waals surface area contributed by atoms with E-state index in [1.807, 2.05) is 30.3 Å². The molecule has 0 bridgehead atoms. The zero-order valence-electron chi connectivity index (χ0n) is 17.2. The second-order valence-corrected chi connectivity index (χ2v) is 8.12. The zero-order chi connectivity index (χ0) is 23.5. The van der Waals surface area contributed by atoms with Gasteiger partial charge in [-0.05, 0) is 59.0 Å². The summed E-state index contributed by atoms with van der Waals surface area (Å²) in [4.78, 5) is 0. The van der Waals surface area contributed by atoms with Gasteiger partial charge in [-0.3, -0.25) is 0 Å². The molecule has 0 unspecified atom stereocenters. The Hall–Kier alpha value is -3.48. The third kappa shape index (κ3) is 3.71. The Morgan fingerprint density at radius 3 is 2.15 bits per heavy atom. The van der Waals surface area contributed by atoms with E-state index in [0.29, 0.717) is 28.9 Å². The number of hydrogen-bond acceptors (Lipinski definition) is 1. The van der Waals surface area contributed by atoms with Crippen molar-refractivity contribution >= 4 is 22.4 Å². The van der Waals surface area contributed by atoms with Gasteiger partial charge in [0, 0.05) is 22.8 Å². The van der Waals surface area contributed by atoms with Crippen LogP contribution >= 0.6 is 0 Å². The van der Waals surface area contributed by atoms with Crippen LogP contribution in [0.1, 0.15) is 33.6 Å². The second kappa shape index (κ2) is 7.27. The molecule has 0 amide bonds. The number of allylic oxidation sites excluding steroid dienone is 1. The highest BCUT2D eigenvalue weighted by molar-refractivity contribution is 6.00. The second-order valence-electron chi connectivity index (χ2n) is 8.12. The first-order valence-corrected chi connectivity index (χ1v) is 10.1. The number of halogens is 6. The fraction of sp³-hybridized carbons (Fsp3) is 0.154. The topological polar surface area (TPSA) is 13.1 Å². The van der Waals surface area contributed by atoms with Crippen LogP contribution in [0.4, 0.5) is 26.3 Å². The van der Waals surface area contributed by atoms with Crippen LogP contribution in [-0.2, 0) is 18.8 Å². The molecule has 0 fully saturated rings. The van der Waals surface area contributed by atoms with Crippen molar-refractivity contribution < 1.29 is 30.8 Å². The van der Waals surface area contributed by atoms with Gasteiger partial charge in [-0.2, -0.15) is 26.3 Å². The molecule has 1 heterocycles. The van der Waals surface area contributed by atoms with Crippen molar-refractivity contribution in [2.24, 2.45) is 0 Å². The summed E-state index contributed by atoms with van der Waals surface area (Å²) >= 11 is 0. The number of furan rings is 1. The molecule has 3 aromatic carbocycles. The zero-order valence-corrected chi connectivity index (χ0v) is 17.2. The molecule has 1 aromatic heterocycles. The van der Waals surface area contributed by atoms with Crippen molar-refractivity contribution in [2.45, 2.75) is 25.7 Å². The van der Waals surface area contributed by atoms with Gasteiger partial charge >= 0.3 is 12.4 Å². The van der Waals surface area contributed by atoms with Gasteiger partial charge in [0.05, 0.1) is 17.4 Å². The Kier molecular flexibility index (Phi) is 4.71.